The van der Waals surface area contributed by atoms with Crippen LogP contribution in [0, 0.1) is 0 Å². The maximum atomic E-state index is 12.8. The number of para-hydroxylation sites is 1. The summed E-state index contributed by atoms with van der Waals surface area (Å²) in [4.78, 5) is 0.227. The first-order valence-corrected chi connectivity index (χ1v) is 8.81. The largest absolute Gasteiger partial charge is 0.246 e. The van der Waals surface area contributed by atoms with Crippen molar-refractivity contribution >= 4 is 10.0 Å². The van der Waals surface area contributed by atoms with Gasteiger partial charge in [0.25, 0.3) is 0 Å². The first kappa shape index (κ1) is 15.0. The molecule has 22 heavy (non-hydrogen) atoms. The third kappa shape index (κ3) is 2.71. The Labute approximate surface area is 130 Å². The van der Waals surface area contributed by atoms with Crippen LogP contribution in [-0.4, -0.2) is 35.1 Å². The van der Waals surface area contributed by atoms with Crippen LogP contribution in [0.5, 0.6) is 0 Å². The molecule has 1 unspecified atom stereocenters. The Morgan fingerprint density at radius 3 is 2.73 bits per heavy atom. The standard InChI is InChI=1S/C16H19N3O2S/c1-2-14-8-6-7-11-19(14)22(20,21)16-12-17-18(13-16)15-9-4-3-5-10-15/h2-5,9-10,12-14H,1,6-8,11H2. The summed E-state index contributed by atoms with van der Waals surface area (Å²) >= 11 is 0. The molecular weight excluding hydrogens is 298 g/mol. The van der Waals surface area contributed by atoms with Crippen molar-refractivity contribution in [1.82, 2.24) is 14.1 Å². The Kier molecular flexibility index (Phi) is 4.13. The molecule has 6 heteroatoms. The van der Waals surface area contributed by atoms with Gasteiger partial charge >= 0.3 is 0 Å². The third-order valence-electron chi connectivity index (χ3n) is 3.96. The fraction of sp³-hybridized carbons (Fsp3) is 0.312. The Hall–Kier alpha value is -1.92. The lowest BCUT2D eigenvalue weighted by molar-refractivity contribution is 0.292. The summed E-state index contributed by atoms with van der Waals surface area (Å²) in [6.07, 6.45) is 7.45. The van der Waals surface area contributed by atoms with Gasteiger partial charge in [-0.05, 0) is 25.0 Å². The van der Waals surface area contributed by atoms with Gasteiger partial charge in [0.1, 0.15) is 4.90 Å². The van der Waals surface area contributed by atoms with E-state index < -0.39 is 10.0 Å². The van der Waals surface area contributed by atoms with Crippen molar-refractivity contribution in [2.75, 3.05) is 6.54 Å². The van der Waals surface area contributed by atoms with Gasteiger partial charge in [-0.25, -0.2) is 13.1 Å². The van der Waals surface area contributed by atoms with Crippen molar-refractivity contribution < 1.29 is 8.42 Å². The van der Waals surface area contributed by atoms with Gasteiger partial charge < -0.3 is 0 Å². The van der Waals surface area contributed by atoms with Crippen molar-refractivity contribution in [2.24, 2.45) is 0 Å². The molecule has 2 aromatic rings. The molecule has 0 bridgehead atoms. The maximum absolute atomic E-state index is 12.8. The van der Waals surface area contributed by atoms with Gasteiger partial charge in [-0.3, -0.25) is 0 Å². The quantitative estimate of drug-likeness (QED) is 0.815. The topological polar surface area (TPSA) is 55.2 Å². The number of hydrogen-bond acceptors (Lipinski definition) is 3. The molecule has 116 valence electrons. The Morgan fingerprint density at radius 2 is 2.00 bits per heavy atom. The molecule has 2 heterocycles. The smallest absolute Gasteiger partial charge is 0.240 e. The molecule has 0 saturated carbocycles. The molecule has 1 fully saturated rings. The summed E-state index contributed by atoms with van der Waals surface area (Å²) in [6.45, 7) is 4.30. The molecule has 0 amide bonds. The molecule has 0 aliphatic carbocycles. The summed E-state index contributed by atoms with van der Waals surface area (Å²) in [5.41, 5.74) is 0.836. The molecule has 1 saturated heterocycles. The molecule has 1 atom stereocenters. The number of benzene rings is 1. The van der Waals surface area contributed by atoms with E-state index in [9.17, 15) is 8.42 Å². The van der Waals surface area contributed by atoms with Crippen LogP contribution in [0.2, 0.25) is 0 Å². The highest BCUT2D eigenvalue weighted by Gasteiger charge is 2.32. The molecule has 0 spiro atoms. The van der Waals surface area contributed by atoms with Crippen LogP contribution in [0.3, 0.4) is 0 Å². The van der Waals surface area contributed by atoms with Crippen LogP contribution >= 0.6 is 0 Å². The summed E-state index contributed by atoms with van der Waals surface area (Å²) in [6, 6.07) is 9.34. The minimum atomic E-state index is -3.53. The zero-order valence-corrected chi connectivity index (χ0v) is 13.1. The van der Waals surface area contributed by atoms with Gasteiger partial charge in [0.2, 0.25) is 10.0 Å². The number of aromatic nitrogens is 2. The monoisotopic (exact) mass is 317 g/mol. The van der Waals surface area contributed by atoms with Crippen molar-refractivity contribution in [3.8, 4) is 5.69 Å². The predicted molar refractivity (Wildman–Crippen MR) is 85.3 cm³/mol. The van der Waals surface area contributed by atoms with Crippen molar-refractivity contribution in [3.05, 3.63) is 55.4 Å². The normalized spacial score (nSPS) is 19.9. The van der Waals surface area contributed by atoms with Crippen LogP contribution in [-0.2, 0) is 10.0 Å². The van der Waals surface area contributed by atoms with Gasteiger partial charge in [0.05, 0.1) is 18.1 Å². The number of rotatable bonds is 4. The summed E-state index contributed by atoms with van der Waals surface area (Å²) in [7, 11) is -3.53. The number of nitrogens with zero attached hydrogens (tertiary/aromatic N) is 3. The number of piperidine rings is 1. The van der Waals surface area contributed by atoms with E-state index in [1.54, 1.807) is 17.0 Å². The molecule has 5 nitrogen and oxygen atoms in total. The first-order valence-electron chi connectivity index (χ1n) is 7.37. The van der Waals surface area contributed by atoms with E-state index in [2.05, 4.69) is 11.7 Å². The second kappa shape index (κ2) is 6.06. The van der Waals surface area contributed by atoms with E-state index in [0.29, 0.717) is 6.54 Å². The molecule has 3 rings (SSSR count). The van der Waals surface area contributed by atoms with Crippen molar-refractivity contribution in [2.45, 2.75) is 30.2 Å². The van der Waals surface area contributed by atoms with Gasteiger partial charge in [-0.15, -0.1) is 6.58 Å². The lowest BCUT2D eigenvalue weighted by atomic mass is 10.1. The van der Waals surface area contributed by atoms with E-state index in [1.807, 2.05) is 30.3 Å². The Morgan fingerprint density at radius 1 is 1.23 bits per heavy atom. The van der Waals surface area contributed by atoms with Crippen molar-refractivity contribution in [1.29, 1.82) is 0 Å². The molecule has 0 radical (unpaired) electrons. The second-order valence-corrected chi connectivity index (χ2v) is 7.26. The first-order chi connectivity index (χ1) is 10.6. The van der Waals surface area contributed by atoms with Crippen LogP contribution in [0.4, 0.5) is 0 Å². The van der Waals surface area contributed by atoms with E-state index in [1.165, 1.54) is 10.5 Å². The summed E-state index contributed by atoms with van der Waals surface area (Å²) < 4.78 is 28.8. The lowest BCUT2D eigenvalue weighted by Crippen LogP contribution is -2.42. The highest BCUT2D eigenvalue weighted by Crippen LogP contribution is 2.26. The zero-order chi connectivity index (χ0) is 15.6. The fourth-order valence-electron chi connectivity index (χ4n) is 2.76. The van der Waals surface area contributed by atoms with E-state index >= 15 is 0 Å². The average molecular weight is 317 g/mol. The highest BCUT2D eigenvalue weighted by molar-refractivity contribution is 7.89. The molecule has 0 N–H and O–H groups in total. The zero-order valence-electron chi connectivity index (χ0n) is 12.3. The van der Waals surface area contributed by atoms with Crippen molar-refractivity contribution in [3.63, 3.8) is 0 Å². The van der Waals surface area contributed by atoms with Crippen LogP contribution in [0.25, 0.3) is 5.69 Å². The SMILES string of the molecule is C=CC1CCCCN1S(=O)(=O)c1cnn(-c2ccccc2)c1. The minimum Gasteiger partial charge on any atom is -0.240 e. The molecule has 1 aliphatic rings. The number of sulfonamides is 1. The lowest BCUT2D eigenvalue weighted by Gasteiger charge is -2.32. The minimum absolute atomic E-state index is 0.126. The third-order valence-corrected chi connectivity index (χ3v) is 5.83. The predicted octanol–water partition coefficient (Wildman–Crippen LogP) is 2.60. The summed E-state index contributed by atoms with van der Waals surface area (Å²) in [5.74, 6) is 0. The van der Waals surface area contributed by atoms with Crippen LogP contribution < -0.4 is 0 Å². The highest BCUT2D eigenvalue weighted by atomic mass is 32.2. The second-order valence-electron chi connectivity index (χ2n) is 5.37. The van der Waals surface area contributed by atoms with Gasteiger partial charge in [0, 0.05) is 12.6 Å². The average Bonchev–Trinajstić information content (AvgIpc) is 3.06. The van der Waals surface area contributed by atoms with Gasteiger partial charge in [-0.1, -0.05) is 30.7 Å². The Balaban J connectivity index is 1.93. The molecular formula is C16H19N3O2S. The van der Waals surface area contributed by atoms with E-state index in [0.717, 1.165) is 24.9 Å². The van der Waals surface area contributed by atoms with Crippen LogP contribution in [0.15, 0.2) is 60.3 Å². The number of hydrogen-bond donors (Lipinski definition) is 0. The van der Waals surface area contributed by atoms with Gasteiger partial charge in [-0.2, -0.15) is 9.40 Å². The van der Waals surface area contributed by atoms with E-state index in [4.69, 9.17) is 0 Å². The Bertz CT molecular complexity index is 753. The molecule has 1 aliphatic heterocycles. The fourth-order valence-corrected chi connectivity index (χ4v) is 4.36. The molecule has 1 aromatic heterocycles. The molecule has 1 aromatic carbocycles. The maximum Gasteiger partial charge on any atom is 0.246 e. The summed E-state index contributed by atoms with van der Waals surface area (Å²) in [5, 5.41) is 4.18. The van der Waals surface area contributed by atoms with E-state index in [-0.39, 0.29) is 10.9 Å². The van der Waals surface area contributed by atoms with Gasteiger partial charge in [0.15, 0.2) is 0 Å². The van der Waals surface area contributed by atoms with Crippen LogP contribution in [0.1, 0.15) is 19.3 Å².